The summed E-state index contributed by atoms with van der Waals surface area (Å²) in [4.78, 5) is 22.0. The second-order valence-electron chi connectivity index (χ2n) is 4.06. The van der Waals surface area contributed by atoms with Crippen molar-refractivity contribution >= 4 is 17.8 Å². The van der Waals surface area contributed by atoms with E-state index in [1.807, 2.05) is 0 Å². The lowest BCUT2D eigenvalue weighted by Gasteiger charge is -2.01. The fourth-order valence-electron chi connectivity index (χ4n) is 1.61. The molecule has 0 aliphatic heterocycles. The summed E-state index contributed by atoms with van der Waals surface area (Å²) in [6.45, 7) is 0. The maximum absolute atomic E-state index is 11.8. The minimum atomic E-state index is -0.669. The molecule has 21 heavy (non-hydrogen) atoms. The third kappa shape index (κ3) is 3.63. The molecule has 2 aromatic carbocycles. The molecule has 0 spiro atoms. The molecule has 2 aromatic rings. The first-order chi connectivity index (χ1) is 10.1. The number of hydrazone groups is 1. The Labute approximate surface area is 119 Å². The van der Waals surface area contributed by atoms with Crippen molar-refractivity contribution in [2.75, 3.05) is 0 Å². The average molecular weight is 285 g/mol. The molecule has 0 bridgehead atoms. The van der Waals surface area contributed by atoms with E-state index >= 15 is 0 Å². The third-order valence-corrected chi connectivity index (χ3v) is 2.62. The molecule has 7 heteroatoms. The summed E-state index contributed by atoms with van der Waals surface area (Å²) < 4.78 is 0. The number of nitro groups is 1. The van der Waals surface area contributed by atoms with Gasteiger partial charge in [0.2, 0.25) is 0 Å². The average Bonchev–Trinajstić information content (AvgIpc) is 2.49. The number of amides is 1. The third-order valence-electron chi connectivity index (χ3n) is 2.62. The number of carbonyl (C=O) groups is 1. The van der Waals surface area contributed by atoms with Crippen LogP contribution in [0, 0.1) is 10.1 Å². The second-order valence-corrected chi connectivity index (χ2v) is 4.06. The molecule has 2 N–H and O–H groups in total. The smallest absolute Gasteiger partial charge is 0.282 e. The molecule has 0 unspecified atom stereocenters. The highest BCUT2D eigenvalue weighted by molar-refractivity contribution is 5.98. The summed E-state index contributed by atoms with van der Waals surface area (Å²) in [5, 5.41) is 23.7. The van der Waals surface area contributed by atoms with Gasteiger partial charge in [0.05, 0.1) is 11.1 Å². The van der Waals surface area contributed by atoms with Gasteiger partial charge in [0, 0.05) is 6.07 Å². The number of para-hydroxylation sites is 1. The van der Waals surface area contributed by atoms with E-state index in [2.05, 4.69) is 10.5 Å². The maximum Gasteiger partial charge on any atom is 0.282 e. The van der Waals surface area contributed by atoms with Crippen LogP contribution < -0.4 is 5.43 Å². The van der Waals surface area contributed by atoms with Crippen molar-refractivity contribution in [1.29, 1.82) is 0 Å². The van der Waals surface area contributed by atoms with E-state index in [-0.39, 0.29) is 17.0 Å². The van der Waals surface area contributed by atoms with E-state index < -0.39 is 10.8 Å². The largest absolute Gasteiger partial charge is 0.508 e. The Hall–Kier alpha value is -3.22. The lowest BCUT2D eigenvalue weighted by Crippen LogP contribution is -2.18. The first-order valence-corrected chi connectivity index (χ1v) is 5.94. The highest BCUT2D eigenvalue weighted by atomic mass is 16.6. The number of hydrogen-bond donors (Lipinski definition) is 2. The number of phenolic OH excluding ortho intramolecular Hbond substituents is 1. The minimum Gasteiger partial charge on any atom is -0.508 e. The van der Waals surface area contributed by atoms with Crippen LogP contribution in [0.25, 0.3) is 0 Å². The molecule has 7 nitrogen and oxygen atoms in total. The van der Waals surface area contributed by atoms with Crippen LogP contribution in [0.2, 0.25) is 0 Å². The predicted molar refractivity (Wildman–Crippen MR) is 76.3 cm³/mol. The summed E-state index contributed by atoms with van der Waals surface area (Å²) in [5.74, 6) is -0.548. The first-order valence-electron chi connectivity index (χ1n) is 5.94. The number of nitrogens with one attached hydrogen (secondary N) is 1. The van der Waals surface area contributed by atoms with E-state index in [9.17, 15) is 14.9 Å². The molecule has 0 atom stereocenters. The predicted octanol–water partition coefficient (Wildman–Crippen LogP) is 2.06. The van der Waals surface area contributed by atoms with Crippen molar-refractivity contribution in [1.82, 2.24) is 5.43 Å². The summed E-state index contributed by atoms with van der Waals surface area (Å²) in [7, 11) is 0. The SMILES string of the molecule is O=C(N/N=C/c1ccc(O)cc1)c1ccccc1[N+](=O)[O-]. The van der Waals surface area contributed by atoms with Gasteiger partial charge >= 0.3 is 0 Å². The summed E-state index contributed by atoms with van der Waals surface area (Å²) in [5.41, 5.74) is 2.54. The highest BCUT2D eigenvalue weighted by Gasteiger charge is 2.18. The normalized spacial score (nSPS) is 10.5. The van der Waals surface area contributed by atoms with Crippen LogP contribution in [0.1, 0.15) is 15.9 Å². The van der Waals surface area contributed by atoms with Crippen LogP contribution >= 0.6 is 0 Å². The number of rotatable bonds is 4. The van der Waals surface area contributed by atoms with Crippen molar-refractivity contribution < 1.29 is 14.8 Å². The van der Waals surface area contributed by atoms with Crippen LogP contribution in [-0.2, 0) is 0 Å². The van der Waals surface area contributed by atoms with Crippen molar-refractivity contribution in [2.45, 2.75) is 0 Å². The van der Waals surface area contributed by atoms with Gasteiger partial charge in [0.15, 0.2) is 0 Å². The number of benzene rings is 2. The molecule has 0 fully saturated rings. The topological polar surface area (TPSA) is 105 Å². The number of carbonyl (C=O) groups excluding carboxylic acids is 1. The molecular weight excluding hydrogens is 274 g/mol. The van der Waals surface area contributed by atoms with Crippen LogP contribution in [-0.4, -0.2) is 22.2 Å². The van der Waals surface area contributed by atoms with E-state index in [4.69, 9.17) is 5.11 Å². The minimum absolute atomic E-state index is 0.0645. The summed E-state index contributed by atoms with van der Waals surface area (Å²) in [6.07, 6.45) is 1.37. The van der Waals surface area contributed by atoms with Gasteiger partial charge in [-0.2, -0.15) is 5.10 Å². The van der Waals surface area contributed by atoms with Gasteiger partial charge in [-0.1, -0.05) is 12.1 Å². The van der Waals surface area contributed by atoms with Gasteiger partial charge in [-0.05, 0) is 35.9 Å². The van der Waals surface area contributed by atoms with E-state index in [0.717, 1.165) is 0 Å². The zero-order valence-corrected chi connectivity index (χ0v) is 10.8. The van der Waals surface area contributed by atoms with Crippen molar-refractivity contribution in [3.63, 3.8) is 0 Å². The molecule has 0 saturated carbocycles. The molecule has 1 amide bonds. The van der Waals surface area contributed by atoms with Gasteiger partial charge in [0.25, 0.3) is 11.6 Å². The lowest BCUT2D eigenvalue weighted by molar-refractivity contribution is -0.385. The van der Waals surface area contributed by atoms with Gasteiger partial charge in [0.1, 0.15) is 11.3 Å². The van der Waals surface area contributed by atoms with Crippen LogP contribution in [0.4, 0.5) is 5.69 Å². The Balaban J connectivity index is 2.08. The molecule has 0 saturated heterocycles. The monoisotopic (exact) mass is 285 g/mol. The Morgan fingerprint density at radius 1 is 1.19 bits per heavy atom. The molecule has 0 radical (unpaired) electrons. The molecule has 2 rings (SSSR count). The van der Waals surface area contributed by atoms with Gasteiger partial charge in [-0.25, -0.2) is 5.43 Å². The van der Waals surface area contributed by atoms with Crippen LogP contribution in [0.3, 0.4) is 0 Å². The van der Waals surface area contributed by atoms with E-state index in [1.165, 1.54) is 42.6 Å². The number of hydrogen-bond acceptors (Lipinski definition) is 5. The van der Waals surface area contributed by atoms with Crippen LogP contribution in [0.5, 0.6) is 5.75 Å². The van der Waals surface area contributed by atoms with E-state index in [1.54, 1.807) is 12.1 Å². The fourth-order valence-corrected chi connectivity index (χ4v) is 1.61. The zero-order chi connectivity index (χ0) is 15.2. The highest BCUT2D eigenvalue weighted by Crippen LogP contribution is 2.17. The number of aromatic hydroxyl groups is 1. The molecule has 0 heterocycles. The maximum atomic E-state index is 11.8. The molecule has 106 valence electrons. The van der Waals surface area contributed by atoms with E-state index in [0.29, 0.717) is 5.56 Å². The van der Waals surface area contributed by atoms with Gasteiger partial charge in [-0.3, -0.25) is 14.9 Å². The molecule has 0 aromatic heterocycles. The van der Waals surface area contributed by atoms with Crippen LogP contribution in [0.15, 0.2) is 53.6 Å². The second kappa shape index (κ2) is 6.29. The Kier molecular flexibility index (Phi) is 4.25. The number of nitro benzene ring substituents is 1. The first kappa shape index (κ1) is 14.2. The van der Waals surface area contributed by atoms with Crippen molar-refractivity contribution in [3.8, 4) is 5.75 Å². The number of phenols is 1. The summed E-state index contributed by atoms with van der Waals surface area (Å²) >= 11 is 0. The molecular formula is C14H11N3O4. The lowest BCUT2D eigenvalue weighted by atomic mass is 10.2. The zero-order valence-electron chi connectivity index (χ0n) is 10.8. The van der Waals surface area contributed by atoms with Crippen molar-refractivity contribution in [2.24, 2.45) is 5.10 Å². The Morgan fingerprint density at radius 2 is 1.86 bits per heavy atom. The number of nitrogens with zero attached hydrogens (tertiary/aromatic N) is 2. The van der Waals surface area contributed by atoms with Gasteiger partial charge in [-0.15, -0.1) is 0 Å². The summed E-state index contributed by atoms with van der Waals surface area (Å²) in [6, 6.07) is 11.8. The fraction of sp³-hybridized carbons (Fsp3) is 0. The quantitative estimate of drug-likeness (QED) is 0.509. The molecule has 0 aliphatic rings. The molecule has 0 aliphatic carbocycles. The Morgan fingerprint density at radius 3 is 2.52 bits per heavy atom. The van der Waals surface area contributed by atoms with Crippen molar-refractivity contribution in [3.05, 3.63) is 69.8 Å². The van der Waals surface area contributed by atoms with Gasteiger partial charge < -0.3 is 5.11 Å². The Bertz CT molecular complexity index is 696. The standard InChI is InChI=1S/C14H11N3O4/c18-11-7-5-10(6-8-11)9-15-16-14(19)12-3-1-2-4-13(12)17(20)21/h1-9,18H,(H,16,19)/b15-9+.